The van der Waals surface area contributed by atoms with E-state index in [9.17, 15) is 4.79 Å². The lowest BCUT2D eigenvalue weighted by atomic mass is 9.49. The third-order valence-corrected chi connectivity index (χ3v) is 8.53. The van der Waals surface area contributed by atoms with E-state index in [1.807, 2.05) is 37.1 Å². The summed E-state index contributed by atoms with van der Waals surface area (Å²) < 4.78 is 5.36. The molecule has 4 saturated carbocycles. The Kier molecular flexibility index (Phi) is 6.40. The van der Waals surface area contributed by atoms with Gasteiger partial charge in [0.05, 0.1) is 30.6 Å². The van der Waals surface area contributed by atoms with E-state index in [0.717, 1.165) is 72.7 Å². The van der Waals surface area contributed by atoms with Crippen LogP contribution in [0.4, 0.5) is 11.5 Å². The number of fused-ring (bicyclic) bond motifs is 1. The van der Waals surface area contributed by atoms with Crippen LogP contribution in [0.5, 0.6) is 0 Å². The molecule has 2 aromatic rings. The van der Waals surface area contributed by atoms with Crippen molar-refractivity contribution in [3.05, 3.63) is 48.7 Å². The Morgan fingerprint density at radius 1 is 1.06 bits per heavy atom. The van der Waals surface area contributed by atoms with Crippen LogP contribution in [0, 0.1) is 29.7 Å². The van der Waals surface area contributed by atoms with E-state index in [1.165, 1.54) is 44.1 Å². The molecule has 4 fully saturated rings. The molecule has 35 heavy (non-hydrogen) atoms. The van der Waals surface area contributed by atoms with Crippen LogP contribution in [0.3, 0.4) is 0 Å². The molecule has 1 aromatic carbocycles. The van der Waals surface area contributed by atoms with Crippen LogP contribution in [0.15, 0.2) is 42.2 Å². The van der Waals surface area contributed by atoms with Crippen molar-refractivity contribution in [2.24, 2.45) is 23.2 Å². The maximum atomic E-state index is 13.2. The van der Waals surface area contributed by atoms with Gasteiger partial charge in [0, 0.05) is 24.9 Å². The summed E-state index contributed by atoms with van der Waals surface area (Å²) in [6.45, 7) is 4.43. The lowest BCUT2D eigenvalue weighted by Gasteiger charge is -2.56. The zero-order valence-corrected chi connectivity index (χ0v) is 20.5. The molecule has 1 radical (unpaired) electrons. The fourth-order valence-corrected chi connectivity index (χ4v) is 7.56. The standard InChI is InChI=1S/C29H37N4O2/c34-28(17-29-14-21-11-22(15-29)13-23(12-21)16-29)33-26-5-1-4-25-24(26)6-7-27(32-25)31-9-8-30-18-20-3-2-10-35-19-20/h1,4-7,18-19,21-23,30H,2-3,8-17H2,(H,31,32)(H,33,34). The molecule has 1 aliphatic heterocycles. The average Bonchev–Trinajstić information content (AvgIpc) is 2.83. The molecule has 6 nitrogen and oxygen atoms in total. The van der Waals surface area contributed by atoms with Crippen molar-refractivity contribution in [2.75, 3.05) is 30.3 Å². The van der Waals surface area contributed by atoms with Gasteiger partial charge in [-0.25, -0.2) is 4.98 Å². The van der Waals surface area contributed by atoms with E-state index in [2.05, 4.69) is 22.0 Å². The van der Waals surface area contributed by atoms with E-state index < -0.39 is 0 Å². The van der Waals surface area contributed by atoms with Crippen molar-refractivity contribution >= 4 is 28.3 Å². The SMILES string of the molecule is O=C(CC12CC3CC(CC(C3)C1)C2)Nc1cccc2nc(NCCN[CH]C3=COCCC3)ccc12. The minimum absolute atomic E-state index is 0.169. The first-order valence-electron chi connectivity index (χ1n) is 13.4. The molecule has 1 amide bonds. The molecule has 0 atom stereocenters. The molecule has 6 heteroatoms. The second-order valence-electron chi connectivity index (χ2n) is 11.4. The van der Waals surface area contributed by atoms with E-state index in [-0.39, 0.29) is 11.3 Å². The number of amides is 1. The van der Waals surface area contributed by atoms with E-state index in [4.69, 9.17) is 9.72 Å². The summed E-state index contributed by atoms with van der Waals surface area (Å²) in [5.74, 6) is 3.62. The number of nitrogens with one attached hydrogen (secondary N) is 3. The smallest absolute Gasteiger partial charge is 0.224 e. The summed E-state index contributed by atoms with van der Waals surface area (Å²) in [5.41, 5.74) is 3.23. The van der Waals surface area contributed by atoms with Gasteiger partial charge in [0.2, 0.25) is 5.91 Å². The number of rotatable bonds is 9. The first kappa shape index (κ1) is 22.8. The highest BCUT2D eigenvalue weighted by atomic mass is 16.5. The normalized spacial score (nSPS) is 29.0. The van der Waals surface area contributed by atoms with Gasteiger partial charge >= 0.3 is 0 Å². The summed E-state index contributed by atoms with van der Waals surface area (Å²) in [5, 5.41) is 11.0. The average molecular weight is 474 g/mol. The lowest BCUT2D eigenvalue weighted by molar-refractivity contribution is -0.124. The summed E-state index contributed by atoms with van der Waals surface area (Å²) in [4.78, 5) is 17.9. The molecule has 3 N–H and O–H groups in total. The first-order chi connectivity index (χ1) is 17.1. The molecule has 4 aliphatic carbocycles. The maximum Gasteiger partial charge on any atom is 0.224 e. The largest absolute Gasteiger partial charge is 0.501 e. The number of carbonyl (C=O) groups is 1. The minimum Gasteiger partial charge on any atom is -0.501 e. The zero-order valence-electron chi connectivity index (χ0n) is 20.5. The Hall–Kier alpha value is -2.60. The molecular formula is C29H37N4O2. The number of anilines is 2. The molecular weight excluding hydrogens is 436 g/mol. The van der Waals surface area contributed by atoms with Crippen molar-refractivity contribution in [2.45, 2.75) is 57.8 Å². The van der Waals surface area contributed by atoms with Crippen molar-refractivity contribution in [1.82, 2.24) is 10.3 Å². The van der Waals surface area contributed by atoms with Gasteiger partial charge in [0.25, 0.3) is 0 Å². The third kappa shape index (κ3) is 5.18. The summed E-state index contributed by atoms with van der Waals surface area (Å²) >= 11 is 0. The number of ether oxygens (including phenoxy) is 1. The number of hydrogen-bond donors (Lipinski definition) is 3. The predicted octanol–water partition coefficient (Wildman–Crippen LogP) is 5.64. The van der Waals surface area contributed by atoms with Gasteiger partial charge in [0.1, 0.15) is 5.82 Å². The Balaban J connectivity index is 1.04. The fourth-order valence-electron chi connectivity index (χ4n) is 7.56. The first-order valence-corrected chi connectivity index (χ1v) is 13.4. The molecule has 2 heterocycles. The highest BCUT2D eigenvalue weighted by Crippen LogP contribution is 2.61. The van der Waals surface area contributed by atoms with Crippen LogP contribution in [0.1, 0.15) is 57.8 Å². The molecule has 185 valence electrons. The molecule has 7 rings (SSSR count). The fraction of sp³-hybridized carbons (Fsp3) is 0.552. The molecule has 0 spiro atoms. The van der Waals surface area contributed by atoms with E-state index in [0.29, 0.717) is 6.42 Å². The molecule has 0 unspecified atom stereocenters. The van der Waals surface area contributed by atoms with Gasteiger partial charge in [-0.15, -0.1) is 0 Å². The van der Waals surface area contributed by atoms with Gasteiger partial charge < -0.3 is 20.7 Å². The Labute approximate surface area is 208 Å². The number of nitrogens with zero attached hydrogens (tertiary/aromatic N) is 1. The highest BCUT2D eigenvalue weighted by Gasteiger charge is 2.51. The van der Waals surface area contributed by atoms with Crippen molar-refractivity contribution in [3.63, 3.8) is 0 Å². The van der Waals surface area contributed by atoms with Crippen LogP contribution >= 0.6 is 0 Å². The van der Waals surface area contributed by atoms with Crippen molar-refractivity contribution < 1.29 is 9.53 Å². The van der Waals surface area contributed by atoms with Gasteiger partial charge in [-0.3, -0.25) is 4.79 Å². The summed E-state index contributed by atoms with van der Waals surface area (Å²) in [6, 6.07) is 10.1. The lowest BCUT2D eigenvalue weighted by Crippen LogP contribution is -2.47. The molecule has 5 aliphatic rings. The highest BCUT2D eigenvalue weighted by molar-refractivity contribution is 6.01. The minimum atomic E-state index is 0.169. The Morgan fingerprint density at radius 2 is 1.86 bits per heavy atom. The molecule has 0 saturated heterocycles. The van der Waals surface area contributed by atoms with Crippen LogP contribution in [-0.4, -0.2) is 30.6 Å². The predicted molar refractivity (Wildman–Crippen MR) is 140 cm³/mol. The summed E-state index contributed by atoms with van der Waals surface area (Å²) in [6.07, 6.45) is 12.7. The van der Waals surface area contributed by atoms with Gasteiger partial charge in [-0.05, 0) is 104 Å². The van der Waals surface area contributed by atoms with Gasteiger partial charge in [-0.1, -0.05) is 6.07 Å². The number of benzene rings is 1. The van der Waals surface area contributed by atoms with Crippen molar-refractivity contribution in [1.29, 1.82) is 0 Å². The number of aromatic nitrogens is 1. The molecule has 1 aromatic heterocycles. The topological polar surface area (TPSA) is 75.3 Å². The third-order valence-electron chi connectivity index (χ3n) is 8.53. The van der Waals surface area contributed by atoms with Crippen LogP contribution in [-0.2, 0) is 9.53 Å². The maximum absolute atomic E-state index is 13.2. The quantitative estimate of drug-likeness (QED) is 0.411. The van der Waals surface area contributed by atoms with Crippen LogP contribution in [0.2, 0.25) is 0 Å². The van der Waals surface area contributed by atoms with Crippen LogP contribution < -0.4 is 16.0 Å². The van der Waals surface area contributed by atoms with Gasteiger partial charge in [0.15, 0.2) is 0 Å². The Morgan fingerprint density at radius 3 is 2.60 bits per heavy atom. The molecule has 4 bridgehead atoms. The summed E-state index contributed by atoms with van der Waals surface area (Å²) in [7, 11) is 0. The number of pyridine rings is 1. The second kappa shape index (κ2) is 9.81. The Bertz CT molecular complexity index is 1080. The zero-order chi connectivity index (χ0) is 23.7. The van der Waals surface area contributed by atoms with Crippen molar-refractivity contribution in [3.8, 4) is 0 Å². The second-order valence-corrected chi connectivity index (χ2v) is 11.4. The van der Waals surface area contributed by atoms with E-state index >= 15 is 0 Å². The van der Waals surface area contributed by atoms with Crippen LogP contribution in [0.25, 0.3) is 10.9 Å². The number of hydrogen-bond acceptors (Lipinski definition) is 5. The number of carbonyl (C=O) groups excluding carboxylic acids is 1. The van der Waals surface area contributed by atoms with E-state index in [1.54, 1.807) is 0 Å². The monoisotopic (exact) mass is 473 g/mol. The van der Waals surface area contributed by atoms with Gasteiger partial charge in [-0.2, -0.15) is 0 Å².